The van der Waals surface area contributed by atoms with E-state index in [1.807, 2.05) is 13.8 Å². The van der Waals surface area contributed by atoms with Crippen LogP contribution in [0.1, 0.15) is 31.4 Å². The Morgan fingerprint density at radius 3 is 2.43 bits per heavy atom. The molecule has 0 atom stereocenters. The first-order valence-corrected chi connectivity index (χ1v) is 6.42. The quantitative estimate of drug-likeness (QED) is 0.817. The van der Waals surface area contributed by atoms with Gasteiger partial charge in [0.2, 0.25) is 0 Å². The highest BCUT2D eigenvalue weighted by atomic mass is 19.4. The Morgan fingerprint density at radius 2 is 1.95 bits per heavy atom. The largest absolute Gasteiger partial charge is 0.481 e. The molecular weight excluding hydrogens is 290 g/mol. The maximum atomic E-state index is 13.2. The Balaban J connectivity index is 2.92. The van der Waals surface area contributed by atoms with Crippen LogP contribution in [0, 0.1) is 5.82 Å². The lowest BCUT2D eigenvalue weighted by Crippen LogP contribution is -2.32. The zero-order valence-corrected chi connectivity index (χ0v) is 11.7. The number of carboxylic acids is 1. The number of carboxylic acid groups (broad SMARTS) is 1. The summed E-state index contributed by atoms with van der Waals surface area (Å²) in [5.74, 6) is -2.29. The maximum absolute atomic E-state index is 13.2. The van der Waals surface area contributed by atoms with Crippen LogP contribution in [0.5, 0.6) is 0 Å². The van der Waals surface area contributed by atoms with E-state index in [-0.39, 0.29) is 25.6 Å². The molecule has 0 unspecified atom stereocenters. The van der Waals surface area contributed by atoms with Gasteiger partial charge in [-0.3, -0.25) is 9.69 Å². The molecule has 0 saturated carbocycles. The molecule has 0 aliphatic carbocycles. The van der Waals surface area contributed by atoms with Crippen molar-refractivity contribution in [2.24, 2.45) is 0 Å². The average Bonchev–Trinajstić information content (AvgIpc) is 2.34. The highest BCUT2D eigenvalue weighted by Crippen LogP contribution is 2.32. The Morgan fingerprint density at radius 1 is 1.33 bits per heavy atom. The van der Waals surface area contributed by atoms with Crippen molar-refractivity contribution in [2.75, 3.05) is 6.54 Å². The molecule has 0 aliphatic heterocycles. The van der Waals surface area contributed by atoms with E-state index in [0.29, 0.717) is 5.56 Å². The molecule has 0 radical (unpaired) electrons. The summed E-state index contributed by atoms with van der Waals surface area (Å²) in [5.41, 5.74) is -1.01. The van der Waals surface area contributed by atoms with Crippen molar-refractivity contribution >= 4 is 5.97 Å². The van der Waals surface area contributed by atoms with Gasteiger partial charge in [0.1, 0.15) is 5.82 Å². The predicted molar refractivity (Wildman–Crippen MR) is 69.2 cm³/mol. The van der Waals surface area contributed by atoms with Crippen molar-refractivity contribution in [1.82, 2.24) is 4.90 Å². The minimum absolute atomic E-state index is 0.0382. The van der Waals surface area contributed by atoms with Crippen molar-refractivity contribution in [3.8, 4) is 0 Å². The van der Waals surface area contributed by atoms with Gasteiger partial charge in [0, 0.05) is 19.1 Å². The molecule has 0 saturated heterocycles. The van der Waals surface area contributed by atoms with E-state index in [2.05, 4.69) is 0 Å². The number of carbonyl (C=O) groups is 1. The van der Waals surface area contributed by atoms with Gasteiger partial charge in [0.05, 0.1) is 12.0 Å². The van der Waals surface area contributed by atoms with E-state index >= 15 is 0 Å². The summed E-state index contributed by atoms with van der Waals surface area (Å²) in [6.07, 6.45) is -4.85. The number of aliphatic carboxylic acids is 1. The molecule has 0 spiro atoms. The molecular formula is C14H17F4NO2. The number of nitrogens with zero attached hydrogens (tertiary/aromatic N) is 1. The second-order valence-electron chi connectivity index (χ2n) is 5.02. The summed E-state index contributed by atoms with van der Waals surface area (Å²) in [7, 11) is 0. The van der Waals surface area contributed by atoms with E-state index in [0.717, 1.165) is 12.1 Å². The van der Waals surface area contributed by atoms with Gasteiger partial charge in [-0.05, 0) is 31.5 Å². The number of rotatable bonds is 6. The van der Waals surface area contributed by atoms with Crippen LogP contribution < -0.4 is 0 Å². The normalized spacial score (nSPS) is 12.2. The third-order valence-electron chi connectivity index (χ3n) is 3.07. The fraction of sp³-hybridized carbons (Fsp3) is 0.500. The molecule has 1 aromatic carbocycles. The van der Waals surface area contributed by atoms with Crippen LogP contribution in [0.25, 0.3) is 0 Å². The summed E-state index contributed by atoms with van der Waals surface area (Å²) >= 11 is 0. The van der Waals surface area contributed by atoms with Gasteiger partial charge in [0.15, 0.2) is 0 Å². The molecule has 1 aromatic rings. The molecule has 21 heavy (non-hydrogen) atoms. The van der Waals surface area contributed by atoms with Crippen molar-refractivity contribution < 1.29 is 27.5 Å². The molecule has 0 bridgehead atoms. The van der Waals surface area contributed by atoms with Crippen molar-refractivity contribution in [1.29, 1.82) is 0 Å². The predicted octanol–water partition coefficient (Wildman–Crippen LogP) is 3.53. The molecule has 0 heterocycles. The molecule has 0 aliphatic rings. The van der Waals surface area contributed by atoms with Crippen LogP contribution in [-0.2, 0) is 17.5 Å². The topological polar surface area (TPSA) is 40.5 Å². The lowest BCUT2D eigenvalue weighted by molar-refractivity contribution is -0.140. The fourth-order valence-corrected chi connectivity index (χ4v) is 1.88. The Hall–Kier alpha value is -1.63. The number of benzene rings is 1. The van der Waals surface area contributed by atoms with Crippen LogP contribution in [-0.4, -0.2) is 28.6 Å². The Bertz CT molecular complexity index is 500. The third-order valence-corrected chi connectivity index (χ3v) is 3.07. The summed E-state index contributed by atoms with van der Waals surface area (Å²) in [4.78, 5) is 12.3. The zero-order chi connectivity index (χ0) is 16.2. The minimum atomic E-state index is -4.75. The molecule has 0 amide bonds. The maximum Gasteiger partial charge on any atom is 0.419 e. The average molecular weight is 307 g/mol. The van der Waals surface area contributed by atoms with Gasteiger partial charge in [-0.2, -0.15) is 13.2 Å². The zero-order valence-electron chi connectivity index (χ0n) is 11.7. The summed E-state index contributed by atoms with van der Waals surface area (Å²) in [6, 6.07) is 2.80. The summed E-state index contributed by atoms with van der Waals surface area (Å²) in [6.45, 7) is 3.98. The highest BCUT2D eigenvalue weighted by molar-refractivity contribution is 5.66. The molecule has 118 valence electrons. The van der Waals surface area contributed by atoms with Crippen LogP contribution in [0.3, 0.4) is 0 Å². The van der Waals surface area contributed by atoms with Crippen molar-refractivity contribution in [2.45, 2.75) is 39.0 Å². The lowest BCUT2D eigenvalue weighted by Gasteiger charge is -2.26. The first-order valence-electron chi connectivity index (χ1n) is 6.42. The summed E-state index contributed by atoms with van der Waals surface area (Å²) in [5, 5.41) is 8.67. The molecule has 1 rings (SSSR count). The van der Waals surface area contributed by atoms with Gasteiger partial charge in [0.25, 0.3) is 0 Å². The van der Waals surface area contributed by atoms with Crippen LogP contribution in [0.2, 0.25) is 0 Å². The summed E-state index contributed by atoms with van der Waals surface area (Å²) < 4.78 is 51.1. The smallest absolute Gasteiger partial charge is 0.419 e. The minimum Gasteiger partial charge on any atom is -0.481 e. The van der Waals surface area contributed by atoms with E-state index in [4.69, 9.17) is 5.11 Å². The third kappa shape index (κ3) is 5.34. The monoisotopic (exact) mass is 307 g/mol. The first kappa shape index (κ1) is 17.4. The molecule has 0 fully saturated rings. The lowest BCUT2D eigenvalue weighted by atomic mass is 10.1. The number of halogens is 4. The van der Waals surface area contributed by atoms with E-state index in [9.17, 15) is 22.4 Å². The number of alkyl halides is 3. The fourth-order valence-electron chi connectivity index (χ4n) is 1.88. The number of hydrogen-bond donors (Lipinski definition) is 1. The van der Waals surface area contributed by atoms with Gasteiger partial charge >= 0.3 is 12.1 Å². The molecule has 3 nitrogen and oxygen atoms in total. The molecule has 1 N–H and O–H groups in total. The molecule has 7 heteroatoms. The van der Waals surface area contributed by atoms with Gasteiger partial charge in [-0.1, -0.05) is 6.07 Å². The van der Waals surface area contributed by atoms with Crippen LogP contribution in [0.15, 0.2) is 18.2 Å². The van der Waals surface area contributed by atoms with Gasteiger partial charge in [-0.25, -0.2) is 4.39 Å². The Kier molecular flexibility index (Phi) is 5.71. The second kappa shape index (κ2) is 6.89. The van der Waals surface area contributed by atoms with E-state index in [1.165, 1.54) is 6.07 Å². The highest BCUT2D eigenvalue weighted by Gasteiger charge is 2.34. The van der Waals surface area contributed by atoms with Gasteiger partial charge < -0.3 is 5.11 Å². The standard InChI is InChI=1S/C14H17F4NO2/c1-9(2)19(6-5-13(20)21)8-10-3-4-12(15)11(7-10)14(16,17)18/h3-4,7,9H,5-6,8H2,1-2H3,(H,20,21). The van der Waals surface area contributed by atoms with Gasteiger partial charge in [-0.15, -0.1) is 0 Å². The van der Waals surface area contributed by atoms with Crippen LogP contribution >= 0.6 is 0 Å². The van der Waals surface area contributed by atoms with E-state index in [1.54, 1.807) is 4.90 Å². The van der Waals surface area contributed by atoms with Crippen molar-refractivity contribution in [3.05, 3.63) is 35.1 Å². The Labute approximate surface area is 120 Å². The molecule has 0 aromatic heterocycles. The van der Waals surface area contributed by atoms with E-state index < -0.39 is 23.5 Å². The number of hydrogen-bond acceptors (Lipinski definition) is 2. The SMILES string of the molecule is CC(C)N(CCC(=O)O)Cc1ccc(F)c(C(F)(F)F)c1. The van der Waals surface area contributed by atoms with Crippen LogP contribution in [0.4, 0.5) is 17.6 Å². The first-order chi connectivity index (χ1) is 9.61. The second-order valence-corrected chi connectivity index (χ2v) is 5.02. The van der Waals surface area contributed by atoms with Crippen molar-refractivity contribution in [3.63, 3.8) is 0 Å².